The van der Waals surface area contributed by atoms with Crippen molar-refractivity contribution in [3.8, 4) is 0 Å². The summed E-state index contributed by atoms with van der Waals surface area (Å²) in [5.41, 5.74) is 0.268. The highest BCUT2D eigenvalue weighted by Gasteiger charge is 2.12. The summed E-state index contributed by atoms with van der Waals surface area (Å²) in [5, 5.41) is 23.9. The monoisotopic (exact) mass is 347 g/mol. The number of nitro benzene ring substituents is 2. The highest BCUT2D eigenvalue weighted by Crippen LogP contribution is 2.25. The minimum Gasteiger partial charge on any atom is -0.322 e. The molecule has 0 aliphatic heterocycles. The first-order chi connectivity index (χ1) is 11.4. The Hall–Kier alpha value is -3.26. The number of carbonyl (C=O) groups is 1. The second-order valence-corrected chi connectivity index (χ2v) is 5.01. The molecule has 0 aliphatic carbocycles. The van der Waals surface area contributed by atoms with Gasteiger partial charge in [-0.25, -0.2) is 0 Å². The second kappa shape index (κ2) is 7.34. The highest BCUT2D eigenvalue weighted by atomic mass is 35.5. The first kappa shape index (κ1) is 17.1. The molecule has 8 nitrogen and oxygen atoms in total. The zero-order valence-corrected chi connectivity index (χ0v) is 12.8. The zero-order chi connectivity index (χ0) is 17.7. The third-order valence-electron chi connectivity index (χ3n) is 2.92. The molecule has 1 amide bonds. The fraction of sp³-hybridized carbons (Fsp3) is 0. The maximum atomic E-state index is 11.8. The van der Waals surface area contributed by atoms with E-state index in [-0.39, 0.29) is 22.1 Å². The van der Waals surface area contributed by atoms with Crippen molar-refractivity contribution >= 4 is 40.6 Å². The van der Waals surface area contributed by atoms with Crippen molar-refractivity contribution in [1.82, 2.24) is 0 Å². The molecule has 0 atom stereocenters. The molecule has 0 saturated heterocycles. The molecule has 0 saturated carbocycles. The lowest BCUT2D eigenvalue weighted by molar-refractivity contribution is -0.384. The van der Waals surface area contributed by atoms with Crippen LogP contribution in [0, 0.1) is 20.2 Å². The van der Waals surface area contributed by atoms with Crippen LogP contribution in [0.25, 0.3) is 6.08 Å². The van der Waals surface area contributed by atoms with Crippen molar-refractivity contribution in [2.45, 2.75) is 0 Å². The molecule has 122 valence electrons. The molecule has 0 radical (unpaired) electrons. The summed E-state index contributed by atoms with van der Waals surface area (Å²) in [4.78, 5) is 32.1. The Kier molecular flexibility index (Phi) is 5.23. The SMILES string of the molecule is O=C(/C=C/c1ccc(Cl)c([N+](=O)[O-])c1)Nc1cccc([N+](=O)[O-])c1. The summed E-state index contributed by atoms with van der Waals surface area (Å²) in [6.45, 7) is 0. The van der Waals surface area contributed by atoms with Crippen molar-refractivity contribution in [1.29, 1.82) is 0 Å². The lowest BCUT2D eigenvalue weighted by Gasteiger charge is -2.02. The van der Waals surface area contributed by atoms with Crippen LogP contribution in [0.3, 0.4) is 0 Å². The average Bonchev–Trinajstić information content (AvgIpc) is 2.54. The van der Waals surface area contributed by atoms with Gasteiger partial charge in [-0.1, -0.05) is 23.7 Å². The normalized spacial score (nSPS) is 10.5. The summed E-state index contributed by atoms with van der Waals surface area (Å²) in [6, 6.07) is 9.59. The van der Waals surface area contributed by atoms with Crippen molar-refractivity contribution in [3.63, 3.8) is 0 Å². The third-order valence-corrected chi connectivity index (χ3v) is 3.24. The predicted octanol–water partition coefficient (Wildman–Crippen LogP) is 3.81. The van der Waals surface area contributed by atoms with Crippen LogP contribution in [0.2, 0.25) is 5.02 Å². The number of halogens is 1. The number of carbonyl (C=O) groups excluding carboxylic acids is 1. The molecule has 0 aromatic heterocycles. The summed E-state index contributed by atoms with van der Waals surface area (Å²) in [6.07, 6.45) is 2.53. The van der Waals surface area contributed by atoms with Crippen LogP contribution in [-0.4, -0.2) is 15.8 Å². The standard InChI is InChI=1S/C15H10ClN3O5/c16-13-6-4-10(8-14(13)19(23)24)5-7-15(20)17-11-2-1-3-12(9-11)18(21)22/h1-9H,(H,17,20)/b7-5+. The van der Waals surface area contributed by atoms with E-state index in [1.54, 1.807) is 0 Å². The van der Waals surface area contributed by atoms with Gasteiger partial charge in [-0.05, 0) is 23.8 Å². The van der Waals surface area contributed by atoms with Crippen LogP contribution in [0.5, 0.6) is 0 Å². The Morgan fingerprint density at radius 1 is 1.08 bits per heavy atom. The van der Waals surface area contributed by atoms with Gasteiger partial charge in [-0.2, -0.15) is 0 Å². The van der Waals surface area contributed by atoms with Crippen molar-refractivity contribution in [2.24, 2.45) is 0 Å². The van der Waals surface area contributed by atoms with E-state index in [1.165, 1.54) is 48.5 Å². The molecule has 2 rings (SSSR count). The van der Waals surface area contributed by atoms with E-state index in [4.69, 9.17) is 11.6 Å². The first-order valence-corrected chi connectivity index (χ1v) is 6.92. The van der Waals surface area contributed by atoms with E-state index in [0.29, 0.717) is 5.56 Å². The molecule has 0 unspecified atom stereocenters. The number of anilines is 1. The van der Waals surface area contributed by atoms with E-state index in [0.717, 1.165) is 6.08 Å². The molecule has 1 N–H and O–H groups in total. The van der Waals surface area contributed by atoms with E-state index < -0.39 is 15.8 Å². The van der Waals surface area contributed by atoms with Crippen molar-refractivity contribution in [2.75, 3.05) is 5.32 Å². The summed E-state index contributed by atoms with van der Waals surface area (Å²) in [5.74, 6) is -0.534. The van der Waals surface area contributed by atoms with Crippen LogP contribution in [0.4, 0.5) is 17.1 Å². The van der Waals surface area contributed by atoms with Gasteiger partial charge in [0.2, 0.25) is 5.91 Å². The van der Waals surface area contributed by atoms with E-state index in [2.05, 4.69) is 5.32 Å². The van der Waals surface area contributed by atoms with Crippen molar-refractivity contribution < 1.29 is 14.6 Å². The number of nitrogens with zero attached hydrogens (tertiary/aromatic N) is 2. The largest absolute Gasteiger partial charge is 0.322 e. The van der Waals surface area contributed by atoms with Gasteiger partial charge in [-0.15, -0.1) is 0 Å². The minimum absolute atomic E-state index is 0.00167. The van der Waals surface area contributed by atoms with Gasteiger partial charge < -0.3 is 5.32 Å². The average molecular weight is 348 g/mol. The smallest absolute Gasteiger partial charge is 0.288 e. The maximum Gasteiger partial charge on any atom is 0.288 e. The quantitative estimate of drug-likeness (QED) is 0.501. The molecule has 0 spiro atoms. The summed E-state index contributed by atoms with van der Waals surface area (Å²) >= 11 is 5.70. The summed E-state index contributed by atoms with van der Waals surface area (Å²) in [7, 11) is 0. The number of nitrogens with one attached hydrogen (secondary N) is 1. The third kappa shape index (κ3) is 4.37. The lowest BCUT2D eigenvalue weighted by atomic mass is 10.2. The van der Waals surface area contributed by atoms with Crippen LogP contribution < -0.4 is 5.32 Å². The second-order valence-electron chi connectivity index (χ2n) is 4.60. The topological polar surface area (TPSA) is 115 Å². The lowest BCUT2D eigenvalue weighted by Crippen LogP contribution is -2.07. The number of amides is 1. The molecular formula is C15H10ClN3O5. The Morgan fingerprint density at radius 3 is 2.50 bits per heavy atom. The molecule has 2 aromatic carbocycles. The van der Waals surface area contributed by atoms with Gasteiger partial charge in [-0.3, -0.25) is 25.0 Å². The molecule has 9 heteroatoms. The zero-order valence-electron chi connectivity index (χ0n) is 12.0. The highest BCUT2D eigenvalue weighted by molar-refractivity contribution is 6.32. The van der Waals surface area contributed by atoms with E-state index in [1.807, 2.05) is 0 Å². The van der Waals surface area contributed by atoms with E-state index >= 15 is 0 Å². The van der Waals surface area contributed by atoms with Gasteiger partial charge in [0, 0.05) is 30.0 Å². The molecular weight excluding hydrogens is 338 g/mol. The summed E-state index contributed by atoms with van der Waals surface area (Å²) < 4.78 is 0. The Morgan fingerprint density at radius 2 is 1.83 bits per heavy atom. The first-order valence-electron chi connectivity index (χ1n) is 6.54. The predicted molar refractivity (Wildman–Crippen MR) is 88.9 cm³/mol. The molecule has 0 heterocycles. The number of rotatable bonds is 5. The Bertz CT molecular complexity index is 851. The number of non-ortho nitro benzene ring substituents is 1. The van der Waals surface area contributed by atoms with Crippen LogP contribution in [0.15, 0.2) is 48.5 Å². The molecule has 2 aromatic rings. The number of nitro groups is 2. The number of benzene rings is 2. The number of hydrogen-bond acceptors (Lipinski definition) is 5. The maximum absolute atomic E-state index is 11.8. The molecule has 0 fully saturated rings. The van der Waals surface area contributed by atoms with Crippen molar-refractivity contribution in [3.05, 3.63) is 79.4 Å². The molecule has 0 aliphatic rings. The fourth-order valence-electron chi connectivity index (χ4n) is 1.83. The minimum atomic E-state index is -0.622. The van der Waals surface area contributed by atoms with E-state index in [9.17, 15) is 25.0 Å². The van der Waals surface area contributed by atoms with Crippen LogP contribution >= 0.6 is 11.6 Å². The van der Waals surface area contributed by atoms with Gasteiger partial charge in [0.1, 0.15) is 5.02 Å². The Labute approximate surface area is 140 Å². The number of hydrogen-bond donors (Lipinski definition) is 1. The van der Waals surface area contributed by atoms with Crippen LogP contribution in [-0.2, 0) is 4.79 Å². The Balaban J connectivity index is 2.11. The van der Waals surface area contributed by atoms with Crippen LogP contribution in [0.1, 0.15) is 5.56 Å². The fourth-order valence-corrected chi connectivity index (χ4v) is 2.01. The molecule has 24 heavy (non-hydrogen) atoms. The van der Waals surface area contributed by atoms with Gasteiger partial charge in [0.25, 0.3) is 11.4 Å². The van der Waals surface area contributed by atoms with Gasteiger partial charge in [0.15, 0.2) is 0 Å². The molecule has 0 bridgehead atoms. The van der Waals surface area contributed by atoms with Gasteiger partial charge in [0.05, 0.1) is 9.85 Å². The van der Waals surface area contributed by atoms with Gasteiger partial charge >= 0.3 is 0 Å².